The number of nitrogens with zero attached hydrogens (tertiary/aromatic N) is 7. The molecule has 0 saturated heterocycles. The lowest BCUT2D eigenvalue weighted by molar-refractivity contribution is 0.476. The van der Waals surface area contributed by atoms with Crippen molar-refractivity contribution >= 4 is 82.7 Å². The number of fused-ring (bicyclic) bond motifs is 14. The standard InChI is InChI=1S/C57H41N7O/c1-34-12-2-3-13-37(34)44-26-24-42-54-55(59-31-30-58-54)43-25-29-53(61-57(43)56(42)60-44)64-49-27-22-35(62-45-18-8-4-14-38(45)39-15-5-9-19-46(39)62)32-51(49)65-52-33-36(23-28-50(52)64)63-47-20-10-6-16-40(47)41-17-7-11-21-48(41)63/h2-6,8-10,12-16,18-20,22-34,37H,7,11,17,21H2,1H3. The average molecular weight is 840 g/mol. The minimum atomic E-state index is 0.152. The van der Waals surface area contributed by atoms with Crippen molar-refractivity contribution in [2.75, 3.05) is 4.90 Å². The molecule has 0 radical (unpaired) electrons. The van der Waals surface area contributed by atoms with Crippen LogP contribution in [0.5, 0.6) is 11.5 Å². The molecule has 5 aromatic heterocycles. The van der Waals surface area contributed by atoms with E-state index in [9.17, 15) is 0 Å². The van der Waals surface area contributed by atoms with Gasteiger partial charge >= 0.3 is 0 Å². The highest BCUT2D eigenvalue weighted by Crippen LogP contribution is 2.52. The maximum Gasteiger partial charge on any atom is 0.153 e. The van der Waals surface area contributed by atoms with E-state index >= 15 is 0 Å². The Hall–Kier alpha value is -8.10. The summed E-state index contributed by atoms with van der Waals surface area (Å²) in [5, 5.41) is 5.62. The van der Waals surface area contributed by atoms with Gasteiger partial charge in [0, 0.05) is 74.5 Å². The van der Waals surface area contributed by atoms with E-state index in [0.717, 1.165) is 102 Å². The van der Waals surface area contributed by atoms with Gasteiger partial charge in [0.2, 0.25) is 0 Å². The lowest BCUT2D eigenvalue weighted by Gasteiger charge is -2.33. The largest absolute Gasteiger partial charge is 0.453 e. The topological polar surface area (TPSA) is 73.9 Å². The van der Waals surface area contributed by atoms with E-state index in [1.54, 1.807) is 12.4 Å². The van der Waals surface area contributed by atoms with Gasteiger partial charge in [0.15, 0.2) is 11.5 Å². The van der Waals surface area contributed by atoms with E-state index in [-0.39, 0.29) is 5.92 Å². The fourth-order valence-corrected chi connectivity index (χ4v) is 11.1. The molecule has 0 saturated carbocycles. The number of allylic oxidation sites excluding steroid dienone is 4. The number of hydrogen-bond acceptors (Lipinski definition) is 6. The molecular formula is C57H41N7O. The normalized spacial score (nSPS) is 16.7. The molecule has 0 N–H and O–H groups in total. The SMILES string of the molecule is CC1C=CC=CC1c1ccc2c3nccnc3c3ccc(N4c5ccc(-n6c7c(c8ccccc86)CCCC7)cc5Oc5cc(-n6c7ccccc7c7ccccc76)ccc54)nc3c2n1. The van der Waals surface area contributed by atoms with Crippen molar-refractivity contribution in [2.24, 2.45) is 5.92 Å². The summed E-state index contributed by atoms with van der Waals surface area (Å²) in [5.41, 5.74) is 14.6. The van der Waals surface area contributed by atoms with E-state index in [0.29, 0.717) is 5.92 Å². The van der Waals surface area contributed by atoms with Gasteiger partial charge in [-0.25, -0.2) is 9.97 Å². The molecule has 0 amide bonds. The quantitative estimate of drug-likeness (QED) is 0.164. The summed E-state index contributed by atoms with van der Waals surface area (Å²) < 4.78 is 12.0. The average Bonchev–Trinajstić information content (AvgIpc) is 3.88. The Labute approximate surface area is 374 Å². The molecule has 2 aliphatic carbocycles. The summed E-state index contributed by atoms with van der Waals surface area (Å²) in [6.07, 6.45) is 16.8. The Morgan fingerprint density at radius 1 is 0.523 bits per heavy atom. The summed E-state index contributed by atoms with van der Waals surface area (Å²) in [6, 6.07) is 47.9. The van der Waals surface area contributed by atoms with Gasteiger partial charge in [0.1, 0.15) is 11.3 Å². The third kappa shape index (κ3) is 5.37. The van der Waals surface area contributed by atoms with Gasteiger partial charge in [-0.3, -0.25) is 14.9 Å². The van der Waals surface area contributed by atoms with Crippen molar-refractivity contribution in [1.29, 1.82) is 0 Å². The van der Waals surface area contributed by atoms with E-state index in [4.69, 9.17) is 24.7 Å². The van der Waals surface area contributed by atoms with Gasteiger partial charge in [-0.1, -0.05) is 85.8 Å². The second kappa shape index (κ2) is 13.9. The smallest absolute Gasteiger partial charge is 0.153 e. The first kappa shape index (κ1) is 36.4. The lowest BCUT2D eigenvalue weighted by Crippen LogP contribution is -2.18. The number of ether oxygens (including phenoxy) is 1. The molecule has 65 heavy (non-hydrogen) atoms. The predicted molar refractivity (Wildman–Crippen MR) is 263 cm³/mol. The van der Waals surface area contributed by atoms with Crippen molar-refractivity contribution in [3.63, 3.8) is 0 Å². The molecule has 0 spiro atoms. The minimum Gasteiger partial charge on any atom is -0.453 e. The maximum atomic E-state index is 7.16. The number of aryl methyl sites for hydroxylation is 1. The second-order valence-electron chi connectivity index (χ2n) is 17.7. The lowest BCUT2D eigenvalue weighted by atomic mass is 9.87. The summed E-state index contributed by atoms with van der Waals surface area (Å²) in [6.45, 7) is 2.25. The first-order valence-electron chi connectivity index (χ1n) is 22.7. The Kier molecular flexibility index (Phi) is 7.81. The highest BCUT2D eigenvalue weighted by atomic mass is 16.5. The molecule has 0 bridgehead atoms. The van der Waals surface area contributed by atoms with Crippen molar-refractivity contribution in [1.82, 2.24) is 29.1 Å². The van der Waals surface area contributed by atoms with Crippen LogP contribution in [0.3, 0.4) is 0 Å². The van der Waals surface area contributed by atoms with Crippen LogP contribution in [-0.4, -0.2) is 29.1 Å². The van der Waals surface area contributed by atoms with Crippen LogP contribution in [0.2, 0.25) is 0 Å². The zero-order chi connectivity index (χ0) is 42.8. The molecule has 14 rings (SSSR count). The van der Waals surface area contributed by atoms with Crippen LogP contribution in [0.4, 0.5) is 17.2 Å². The van der Waals surface area contributed by atoms with Crippen LogP contribution < -0.4 is 9.64 Å². The molecule has 6 heterocycles. The molecule has 8 heteroatoms. The van der Waals surface area contributed by atoms with E-state index in [2.05, 4.69) is 179 Å². The van der Waals surface area contributed by atoms with E-state index in [1.807, 2.05) is 0 Å². The fourth-order valence-electron chi connectivity index (χ4n) is 11.1. The van der Waals surface area contributed by atoms with Gasteiger partial charge in [-0.2, -0.15) is 0 Å². The first-order chi connectivity index (χ1) is 32.2. The molecular weight excluding hydrogens is 799 g/mol. The zero-order valence-corrected chi connectivity index (χ0v) is 35.7. The number of rotatable bonds is 4. The number of hydrogen-bond donors (Lipinski definition) is 0. The van der Waals surface area contributed by atoms with Gasteiger partial charge in [0.25, 0.3) is 0 Å². The monoisotopic (exact) mass is 839 g/mol. The van der Waals surface area contributed by atoms with Crippen LogP contribution in [0.15, 0.2) is 170 Å². The number of anilines is 3. The predicted octanol–water partition coefficient (Wildman–Crippen LogP) is 14.1. The Morgan fingerprint density at radius 3 is 1.80 bits per heavy atom. The highest BCUT2D eigenvalue weighted by Gasteiger charge is 2.30. The maximum absolute atomic E-state index is 7.16. The van der Waals surface area contributed by atoms with Crippen molar-refractivity contribution in [2.45, 2.75) is 38.5 Å². The summed E-state index contributed by atoms with van der Waals surface area (Å²) in [7, 11) is 0. The van der Waals surface area contributed by atoms with Crippen LogP contribution >= 0.6 is 0 Å². The van der Waals surface area contributed by atoms with Gasteiger partial charge in [-0.15, -0.1) is 0 Å². The second-order valence-corrected chi connectivity index (χ2v) is 17.7. The minimum absolute atomic E-state index is 0.152. The molecule has 1 aliphatic heterocycles. The van der Waals surface area contributed by atoms with Crippen molar-refractivity contribution in [3.8, 4) is 22.9 Å². The molecule has 3 aliphatic rings. The molecule has 310 valence electrons. The first-order valence-corrected chi connectivity index (χ1v) is 22.7. The molecule has 0 fully saturated rings. The summed E-state index contributed by atoms with van der Waals surface area (Å²) in [4.78, 5) is 23.0. The van der Waals surface area contributed by atoms with E-state index in [1.165, 1.54) is 45.8 Å². The zero-order valence-electron chi connectivity index (χ0n) is 35.7. The molecule has 2 unspecified atom stereocenters. The van der Waals surface area contributed by atoms with Crippen molar-refractivity contribution in [3.05, 3.63) is 187 Å². The van der Waals surface area contributed by atoms with Crippen LogP contribution in [-0.2, 0) is 12.8 Å². The number of benzene rings is 6. The van der Waals surface area contributed by atoms with Crippen LogP contribution in [0.25, 0.3) is 76.9 Å². The molecule has 6 aromatic carbocycles. The number of para-hydroxylation sites is 3. The molecule has 8 nitrogen and oxygen atoms in total. The Bertz CT molecular complexity index is 3820. The van der Waals surface area contributed by atoms with Crippen molar-refractivity contribution < 1.29 is 4.74 Å². The molecule has 11 aromatic rings. The Balaban J connectivity index is 1.00. The van der Waals surface area contributed by atoms with E-state index < -0.39 is 0 Å². The molecule has 2 atom stereocenters. The highest BCUT2D eigenvalue weighted by molar-refractivity contribution is 6.21. The summed E-state index contributed by atoms with van der Waals surface area (Å²) in [5.74, 6) is 2.73. The Morgan fingerprint density at radius 2 is 1.11 bits per heavy atom. The fraction of sp³-hybridized carbons (Fsp3) is 0.123. The number of aromatic nitrogens is 6. The third-order valence-corrected chi connectivity index (χ3v) is 14.1. The van der Waals surface area contributed by atoms with Crippen LogP contribution in [0.1, 0.15) is 42.6 Å². The van der Waals surface area contributed by atoms with Gasteiger partial charge in [0.05, 0.1) is 50.2 Å². The van der Waals surface area contributed by atoms with Gasteiger partial charge in [-0.05, 0) is 104 Å². The van der Waals surface area contributed by atoms with Gasteiger partial charge < -0.3 is 13.9 Å². The third-order valence-electron chi connectivity index (χ3n) is 14.1. The summed E-state index contributed by atoms with van der Waals surface area (Å²) >= 11 is 0. The van der Waals surface area contributed by atoms with Crippen LogP contribution in [0, 0.1) is 5.92 Å². The number of pyridine rings is 2.